The summed E-state index contributed by atoms with van der Waals surface area (Å²) >= 11 is 0. The molecule has 0 saturated heterocycles. The van der Waals surface area contributed by atoms with Crippen LogP contribution in [-0.2, 0) is 0 Å². The highest BCUT2D eigenvalue weighted by Crippen LogP contribution is 2.48. The Morgan fingerprint density at radius 1 is 0.149 bits per heavy atom. The quantitative estimate of drug-likeness (QED) is 0.114. The van der Waals surface area contributed by atoms with Crippen molar-refractivity contribution in [2.24, 2.45) is 0 Å². The van der Waals surface area contributed by atoms with Gasteiger partial charge in [-0.1, -0.05) is 261 Å². The standard InChI is InChI=1S/C72H52N2/c1-5-24-53(25-6-1)60-33-22-36-63(51-60)73(64-37-23-34-61(52-64)54-26-7-2-8-27-54)69-42-17-13-40-67(69)58-48-46-55(47-49-58)59-32-21-35-62(50-59)68-41-16-20-45-72(68)74(70-43-18-14-38-65(70)56-28-9-3-10-29-56)71-44-19-15-39-66(71)57-30-11-4-12-31-57/h1-52H. The molecule has 0 amide bonds. The number of hydrogen-bond acceptors (Lipinski definition) is 2. The third-order valence-electron chi connectivity index (χ3n) is 13.9. The van der Waals surface area contributed by atoms with Crippen molar-refractivity contribution >= 4 is 34.1 Å². The van der Waals surface area contributed by atoms with Gasteiger partial charge in [-0.05, 0) is 110 Å². The van der Waals surface area contributed by atoms with Crippen molar-refractivity contribution in [1.82, 2.24) is 0 Å². The first kappa shape index (κ1) is 45.4. The van der Waals surface area contributed by atoms with E-state index in [0.717, 1.165) is 89.8 Å². The molecule has 2 nitrogen and oxygen atoms in total. The lowest BCUT2D eigenvalue weighted by Gasteiger charge is -2.31. The minimum Gasteiger partial charge on any atom is -0.310 e. The fraction of sp³-hybridized carbons (Fsp3) is 0. The summed E-state index contributed by atoms with van der Waals surface area (Å²) in [5.41, 5.74) is 22.8. The molecule has 0 heterocycles. The highest BCUT2D eigenvalue weighted by Gasteiger charge is 2.24. The van der Waals surface area contributed by atoms with Gasteiger partial charge < -0.3 is 9.80 Å². The summed E-state index contributed by atoms with van der Waals surface area (Å²) in [7, 11) is 0. The maximum atomic E-state index is 2.46. The van der Waals surface area contributed by atoms with Crippen LogP contribution in [-0.4, -0.2) is 0 Å². The Morgan fingerprint density at radius 3 is 0.824 bits per heavy atom. The minimum absolute atomic E-state index is 1.09. The lowest BCUT2D eigenvalue weighted by atomic mass is 9.94. The molecular formula is C72H52N2. The van der Waals surface area contributed by atoms with Gasteiger partial charge in [0.05, 0.1) is 22.7 Å². The molecule has 74 heavy (non-hydrogen) atoms. The maximum Gasteiger partial charge on any atom is 0.0540 e. The van der Waals surface area contributed by atoms with E-state index in [-0.39, 0.29) is 0 Å². The highest BCUT2D eigenvalue weighted by molar-refractivity contribution is 5.98. The van der Waals surface area contributed by atoms with E-state index in [2.05, 4.69) is 325 Å². The van der Waals surface area contributed by atoms with Gasteiger partial charge >= 0.3 is 0 Å². The largest absolute Gasteiger partial charge is 0.310 e. The Hall–Kier alpha value is -9.76. The molecule has 0 aliphatic heterocycles. The molecule has 12 rings (SSSR count). The van der Waals surface area contributed by atoms with E-state index in [1.165, 1.54) is 22.3 Å². The van der Waals surface area contributed by atoms with Crippen molar-refractivity contribution in [3.63, 3.8) is 0 Å². The van der Waals surface area contributed by atoms with Crippen molar-refractivity contribution in [2.45, 2.75) is 0 Å². The third-order valence-corrected chi connectivity index (χ3v) is 13.9. The second kappa shape index (κ2) is 20.9. The van der Waals surface area contributed by atoms with E-state index in [1.54, 1.807) is 0 Å². The van der Waals surface area contributed by atoms with Crippen molar-refractivity contribution in [3.05, 3.63) is 315 Å². The Bertz CT molecular complexity index is 3660. The summed E-state index contributed by atoms with van der Waals surface area (Å²) in [6.45, 7) is 0. The molecule has 0 aromatic heterocycles. The van der Waals surface area contributed by atoms with Crippen LogP contribution in [0.4, 0.5) is 34.1 Å². The van der Waals surface area contributed by atoms with Crippen molar-refractivity contribution in [3.8, 4) is 77.9 Å². The molecule has 0 aliphatic rings. The third kappa shape index (κ3) is 9.32. The van der Waals surface area contributed by atoms with Crippen LogP contribution < -0.4 is 9.80 Å². The molecule has 0 fully saturated rings. The summed E-state index contributed by atoms with van der Waals surface area (Å²) in [6, 6.07) is 114. The van der Waals surface area contributed by atoms with Crippen LogP contribution in [0.2, 0.25) is 0 Å². The number of hydrogen-bond donors (Lipinski definition) is 0. The maximum absolute atomic E-state index is 2.46. The first-order valence-electron chi connectivity index (χ1n) is 25.3. The van der Waals surface area contributed by atoms with Gasteiger partial charge in [-0.2, -0.15) is 0 Å². The molecule has 0 atom stereocenters. The minimum atomic E-state index is 1.09. The average Bonchev–Trinajstić information content (AvgIpc) is 3.50. The van der Waals surface area contributed by atoms with E-state index in [4.69, 9.17) is 0 Å². The molecule has 350 valence electrons. The van der Waals surface area contributed by atoms with Crippen molar-refractivity contribution in [2.75, 3.05) is 9.80 Å². The number of para-hydroxylation sites is 4. The number of anilines is 6. The first-order valence-corrected chi connectivity index (χ1v) is 25.3. The summed E-state index contributed by atoms with van der Waals surface area (Å²) in [5, 5.41) is 0. The topological polar surface area (TPSA) is 6.48 Å². The SMILES string of the molecule is c1ccc(-c2cccc(N(c3cccc(-c4ccccc4)c3)c3ccccc3-c3ccc(-c4cccc(-c5ccccc5N(c5ccccc5-c5ccccc5)c5ccccc5-c5ccccc5)c4)cc3)c2)cc1. The summed E-state index contributed by atoms with van der Waals surface area (Å²) < 4.78 is 0. The highest BCUT2D eigenvalue weighted by atomic mass is 15.2. The zero-order chi connectivity index (χ0) is 49.5. The second-order valence-electron chi connectivity index (χ2n) is 18.5. The fourth-order valence-corrected chi connectivity index (χ4v) is 10.3. The molecule has 2 heteroatoms. The van der Waals surface area contributed by atoms with Crippen molar-refractivity contribution in [1.29, 1.82) is 0 Å². The van der Waals surface area contributed by atoms with Crippen LogP contribution in [0.15, 0.2) is 315 Å². The molecule has 0 unspecified atom stereocenters. The lowest BCUT2D eigenvalue weighted by molar-refractivity contribution is 1.28. The predicted octanol–water partition coefficient (Wildman–Crippen LogP) is 20.3. The summed E-state index contributed by atoms with van der Waals surface area (Å²) in [5.74, 6) is 0. The van der Waals surface area contributed by atoms with Crippen LogP contribution >= 0.6 is 0 Å². The Morgan fingerprint density at radius 2 is 0.405 bits per heavy atom. The number of nitrogens with zero attached hydrogens (tertiary/aromatic N) is 2. The first-order chi connectivity index (χ1) is 36.7. The molecule has 0 bridgehead atoms. The molecule has 12 aromatic rings. The number of benzene rings is 12. The number of rotatable bonds is 13. The average molecular weight is 945 g/mol. The zero-order valence-corrected chi connectivity index (χ0v) is 40.9. The van der Waals surface area contributed by atoms with Gasteiger partial charge in [-0.3, -0.25) is 0 Å². The van der Waals surface area contributed by atoms with Gasteiger partial charge in [0, 0.05) is 33.6 Å². The van der Waals surface area contributed by atoms with E-state index < -0.39 is 0 Å². The van der Waals surface area contributed by atoms with Gasteiger partial charge in [-0.25, -0.2) is 0 Å². The van der Waals surface area contributed by atoms with Gasteiger partial charge in [0.2, 0.25) is 0 Å². The van der Waals surface area contributed by atoms with Gasteiger partial charge in [0.25, 0.3) is 0 Å². The monoisotopic (exact) mass is 944 g/mol. The summed E-state index contributed by atoms with van der Waals surface area (Å²) in [6.07, 6.45) is 0. The van der Waals surface area contributed by atoms with Gasteiger partial charge in [0.1, 0.15) is 0 Å². The van der Waals surface area contributed by atoms with Crippen LogP contribution in [0.25, 0.3) is 77.9 Å². The molecule has 0 saturated carbocycles. The fourth-order valence-electron chi connectivity index (χ4n) is 10.3. The van der Waals surface area contributed by atoms with E-state index in [0.29, 0.717) is 0 Å². The normalized spacial score (nSPS) is 11.0. The Kier molecular flexibility index (Phi) is 12.8. The van der Waals surface area contributed by atoms with Crippen LogP contribution in [0, 0.1) is 0 Å². The zero-order valence-electron chi connectivity index (χ0n) is 40.9. The molecule has 0 radical (unpaired) electrons. The van der Waals surface area contributed by atoms with Crippen molar-refractivity contribution < 1.29 is 0 Å². The van der Waals surface area contributed by atoms with Gasteiger partial charge in [0.15, 0.2) is 0 Å². The second-order valence-corrected chi connectivity index (χ2v) is 18.5. The molecule has 0 N–H and O–H groups in total. The predicted molar refractivity (Wildman–Crippen MR) is 314 cm³/mol. The lowest BCUT2D eigenvalue weighted by Crippen LogP contribution is -2.13. The Labute approximate surface area is 435 Å². The smallest absolute Gasteiger partial charge is 0.0540 e. The summed E-state index contributed by atoms with van der Waals surface area (Å²) in [4.78, 5) is 4.86. The van der Waals surface area contributed by atoms with Crippen LogP contribution in [0.5, 0.6) is 0 Å². The van der Waals surface area contributed by atoms with E-state index in [9.17, 15) is 0 Å². The van der Waals surface area contributed by atoms with Crippen LogP contribution in [0.3, 0.4) is 0 Å². The van der Waals surface area contributed by atoms with Gasteiger partial charge in [-0.15, -0.1) is 0 Å². The van der Waals surface area contributed by atoms with E-state index >= 15 is 0 Å². The molecule has 0 spiro atoms. The molecular weight excluding hydrogens is 893 g/mol. The van der Waals surface area contributed by atoms with Crippen LogP contribution in [0.1, 0.15) is 0 Å². The Balaban J connectivity index is 0.938. The molecule has 0 aliphatic carbocycles. The molecule has 12 aromatic carbocycles. The van der Waals surface area contributed by atoms with E-state index in [1.807, 2.05) is 0 Å².